The van der Waals surface area contributed by atoms with E-state index in [9.17, 15) is 18.0 Å². The quantitative estimate of drug-likeness (QED) is 0.605. The van der Waals surface area contributed by atoms with Gasteiger partial charge in [0.25, 0.3) is 5.91 Å². The molecule has 0 radical (unpaired) electrons. The Morgan fingerprint density at radius 1 is 1.29 bits per heavy atom. The lowest BCUT2D eigenvalue weighted by Crippen LogP contribution is -2.31. The number of halogens is 3. The summed E-state index contributed by atoms with van der Waals surface area (Å²) in [5, 5.41) is 0. The van der Waals surface area contributed by atoms with Gasteiger partial charge < -0.3 is 19.1 Å². The van der Waals surface area contributed by atoms with Crippen LogP contribution in [0.1, 0.15) is 16.8 Å². The van der Waals surface area contributed by atoms with Crippen LogP contribution in [-0.4, -0.2) is 69.1 Å². The average Bonchev–Trinajstić information content (AvgIpc) is 2.55. The van der Waals surface area contributed by atoms with Gasteiger partial charge in [-0.2, -0.15) is 13.2 Å². The second-order valence-electron chi connectivity index (χ2n) is 4.95. The number of carbonyl (C=O) groups excluding carboxylic acids is 1. The summed E-state index contributed by atoms with van der Waals surface area (Å²) in [5.74, 6) is -0.826. The molecule has 6 nitrogen and oxygen atoms in total. The molecule has 136 valence electrons. The second kappa shape index (κ2) is 10.1. The van der Waals surface area contributed by atoms with Gasteiger partial charge >= 0.3 is 6.18 Å². The third-order valence-corrected chi connectivity index (χ3v) is 2.93. The highest BCUT2D eigenvalue weighted by Crippen LogP contribution is 2.20. The normalized spacial score (nSPS) is 11.4. The van der Waals surface area contributed by atoms with Crippen molar-refractivity contribution in [3.05, 3.63) is 23.9 Å². The fourth-order valence-corrected chi connectivity index (χ4v) is 1.73. The molecule has 0 saturated carbocycles. The van der Waals surface area contributed by atoms with E-state index < -0.39 is 18.7 Å². The predicted molar refractivity (Wildman–Crippen MR) is 80.1 cm³/mol. The van der Waals surface area contributed by atoms with Crippen molar-refractivity contribution < 1.29 is 32.2 Å². The molecule has 0 fully saturated rings. The number of ether oxygens (including phenoxy) is 3. The molecule has 1 rings (SSSR count). The summed E-state index contributed by atoms with van der Waals surface area (Å²) < 4.78 is 51.6. The van der Waals surface area contributed by atoms with E-state index in [0.29, 0.717) is 26.4 Å². The average molecular weight is 350 g/mol. The topological polar surface area (TPSA) is 60.9 Å². The van der Waals surface area contributed by atoms with Crippen molar-refractivity contribution in [2.24, 2.45) is 0 Å². The van der Waals surface area contributed by atoms with Crippen molar-refractivity contribution >= 4 is 5.91 Å². The maximum Gasteiger partial charge on any atom is 0.422 e. The fraction of sp³-hybridized carbons (Fsp3) is 0.600. The van der Waals surface area contributed by atoms with E-state index in [-0.39, 0.29) is 11.4 Å². The number of hydrogen-bond donors (Lipinski definition) is 0. The summed E-state index contributed by atoms with van der Waals surface area (Å²) in [6, 6.07) is 2.83. The minimum absolute atomic E-state index is 0.0244. The van der Waals surface area contributed by atoms with Crippen LogP contribution in [0.25, 0.3) is 0 Å². The maximum absolute atomic E-state index is 12.3. The van der Waals surface area contributed by atoms with Crippen LogP contribution in [-0.2, 0) is 9.47 Å². The predicted octanol–water partition coefficient (Wildman–Crippen LogP) is 2.15. The van der Waals surface area contributed by atoms with Gasteiger partial charge in [0.05, 0.1) is 6.61 Å². The van der Waals surface area contributed by atoms with Gasteiger partial charge in [-0.15, -0.1) is 0 Å². The molecule has 0 spiro atoms. The molecule has 0 aliphatic rings. The van der Waals surface area contributed by atoms with E-state index >= 15 is 0 Å². The number of likely N-dealkylation sites (N-methyl/N-ethyl adjacent to an activating group) is 1. The minimum Gasteiger partial charge on any atom is -0.467 e. The molecular weight excluding hydrogens is 329 g/mol. The highest BCUT2D eigenvalue weighted by Gasteiger charge is 2.30. The summed E-state index contributed by atoms with van der Waals surface area (Å²) in [6.45, 7) is 0.189. The van der Waals surface area contributed by atoms with E-state index in [1.807, 2.05) is 0 Å². The molecule has 0 unspecified atom stereocenters. The lowest BCUT2D eigenvalue weighted by molar-refractivity contribution is -0.154. The first-order valence-electron chi connectivity index (χ1n) is 7.32. The van der Waals surface area contributed by atoms with Gasteiger partial charge in [-0.1, -0.05) is 0 Å². The van der Waals surface area contributed by atoms with Crippen LogP contribution >= 0.6 is 0 Å². The highest BCUT2D eigenvalue weighted by molar-refractivity contribution is 5.96. The Morgan fingerprint density at radius 2 is 2.04 bits per heavy atom. The number of amides is 1. The molecule has 1 aromatic rings. The monoisotopic (exact) mass is 350 g/mol. The molecule has 24 heavy (non-hydrogen) atoms. The van der Waals surface area contributed by atoms with Crippen LogP contribution in [0.5, 0.6) is 5.88 Å². The van der Waals surface area contributed by atoms with Crippen LogP contribution in [0.3, 0.4) is 0 Å². The molecule has 0 saturated heterocycles. The van der Waals surface area contributed by atoms with E-state index in [1.165, 1.54) is 30.3 Å². The van der Waals surface area contributed by atoms with Gasteiger partial charge in [0, 0.05) is 40.1 Å². The van der Waals surface area contributed by atoms with Gasteiger partial charge in [0.2, 0.25) is 5.88 Å². The SMILES string of the molecule is COCCCOCCN(C)C(=O)c1cccnc1OCC(F)(F)F. The number of aromatic nitrogens is 1. The molecule has 0 aromatic carbocycles. The zero-order valence-electron chi connectivity index (χ0n) is 13.6. The van der Waals surface area contributed by atoms with E-state index in [0.717, 1.165) is 6.42 Å². The van der Waals surface area contributed by atoms with Crippen molar-refractivity contribution in [1.82, 2.24) is 9.88 Å². The molecule has 1 heterocycles. The van der Waals surface area contributed by atoms with Crippen molar-refractivity contribution in [2.75, 3.05) is 47.1 Å². The molecule has 1 aromatic heterocycles. The Kier molecular flexibility index (Phi) is 8.48. The van der Waals surface area contributed by atoms with Crippen LogP contribution in [0, 0.1) is 0 Å². The number of hydrogen-bond acceptors (Lipinski definition) is 5. The number of rotatable bonds is 10. The Hall–Kier alpha value is -1.87. The minimum atomic E-state index is -4.50. The molecule has 0 N–H and O–H groups in total. The highest BCUT2D eigenvalue weighted by atomic mass is 19.4. The number of methoxy groups -OCH3 is 1. The number of pyridine rings is 1. The van der Waals surface area contributed by atoms with Crippen molar-refractivity contribution in [3.8, 4) is 5.88 Å². The van der Waals surface area contributed by atoms with Crippen LogP contribution in [0.4, 0.5) is 13.2 Å². The van der Waals surface area contributed by atoms with E-state index in [2.05, 4.69) is 9.72 Å². The van der Waals surface area contributed by atoms with E-state index in [1.54, 1.807) is 7.11 Å². The van der Waals surface area contributed by atoms with Gasteiger partial charge in [-0.05, 0) is 18.6 Å². The Balaban J connectivity index is 2.54. The lowest BCUT2D eigenvalue weighted by atomic mass is 10.2. The van der Waals surface area contributed by atoms with Gasteiger partial charge in [0.15, 0.2) is 6.61 Å². The van der Waals surface area contributed by atoms with Gasteiger partial charge in [-0.3, -0.25) is 4.79 Å². The molecule has 0 aliphatic carbocycles. The largest absolute Gasteiger partial charge is 0.467 e. The first kappa shape index (κ1) is 20.2. The Labute approximate surface area is 138 Å². The number of carbonyl (C=O) groups is 1. The molecule has 0 bridgehead atoms. The summed E-state index contributed by atoms with van der Waals surface area (Å²) in [6.07, 6.45) is -2.49. The summed E-state index contributed by atoms with van der Waals surface area (Å²) in [7, 11) is 3.13. The van der Waals surface area contributed by atoms with Crippen molar-refractivity contribution in [3.63, 3.8) is 0 Å². The second-order valence-corrected chi connectivity index (χ2v) is 4.95. The maximum atomic E-state index is 12.3. The van der Waals surface area contributed by atoms with Crippen molar-refractivity contribution in [1.29, 1.82) is 0 Å². The number of nitrogens with zero attached hydrogens (tertiary/aromatic N) is 2. The van der Waals surface area contributed by atoms with Crippen LogP contribution in [0.2, 0.25) is 0 Å². The first-order chi connectivity index (χ1) is 11.3. The zero-order valence-corrected chi connectivity index (χ0v) is 13.6. The van der Waals surface area contributed by atoms with Crippen molar-refractivity contribution in [2.45, 2.75) is 12.6 Å². The van der Waals surface area contributed by atoms with E-state index in [4.69, 9.17) is 9.47 Å². The summed E-state index contributed by atoms with van der Waals surface area (Å²) >= 11 is 0. The Morgan fingerprint density at radius 3 is 2.71 bits per heavy atom. The smallest absolute Gasteiger partial charge is 0.422 e. The van der Waals surface area contributed by atoms with Crippen LogP contribution in [0.15, 0.2) is 18.3 Å². The summed E-state index contributed by atoms with van der Waals surface area (Å²) in [5.41, 5.74) is -0.0244. The van der Waals surface area contributed by atoms with Crippen LogP contribution < -0.4 is 4.74 Å². The number of alkyl halides is 3. The molecule has 9 heteroatoms. The molecule has 0 aliphatic heterocycles. The van der Waals surface area contributed by atoms with Gasteiger partial charge in [-0.25, -0.2) is 4.98 Å². The molecular formula is C15H21F3N2O4. The third-order valence-electron chi connectivity index (χ3n) is 2.93. The third kappa shape index (κ3) is 7.60. The molecule has 1 amide bonds. The first-order valence-corrected chi connectivity index (χ1v) is 7.32. The zero-order chi connectivity index (χ0) is 18.0. The Bertz CT molecular complexity index is 512. The summed E-state index contributed by atoms with van der Waals surface area (Å²) in [4.78, 5) is 17.3. The van der Waals surface area contributed by atoms with Gasteiger partial charge in [0.1, 0.15) is 5.56 Å². The fourth-order valence-electron chi connectivity index (χ4n) is 1.73. The molecule has 0 atom stereocenters. The standard InChI is InChI=1S/C15H21F3N2O4/c1-20(7-10-23-9-4-8-22-2)14(21)12-5-3-6-19-13(12)24-11-15(16,17)18/h3,5-6H,4,7-11H2,1-2H3. The lowest BCUT2D eigenvalue weighted by Gasteiger charge is -2.19.